The maximum Gasteiger partial charge on any atom is 0.332 e. The number of carbonyl (C=O) groups is 1. The molecule has 10 heteroatoms. The molecule has 1 aliphatic heterocycles. The number of nitrogens with two attached hydrogens (primary N) is 1. The van der Waals surface area contributed by atoms with E-state index >= 15 is 0 Å². The molecule has 2 aliphatic rings. The number of nitrogens with zero attached hydrogens (tertiary/aromatic N) is 2. The van der Waals surface area contributed by atoms with Gasteiger partial charge < -0.3 is 16.0 Å². The topological polar surface area (TPSA) is 132 Å². The van der Waals surface area contributed by atoms with Gasteiger partial charge in [-0.1, -0.05) is 56.0 Å². The van der Waals surface area contributed by atoms with Gasteiger partial charge in [0.25, 0.3) is 10.0 Å². The number of hydrogen-bond donors (Lipinski definition) is 4. The molecule has 2 fully saturated rings. The van der Waals surface area contributed by atoms with Gasteiger partial charge in [-0.25, -0.2) is 18.2 Å². The van der Waals surface area contributed by atoms with Crippen LogP contribution in [0.2, 0.25) is 0 Å². The molecule has 5 N–H and O–H groups in total. The summed E-state index contributed by atoms with van der Waals surface area (Å²) in [4.78, 5) is 17.8. The summed E-state index contributed by atoms with van der Waals surface area (Å²) in [7, 11) is -3.97. The van der Waals surface area contributed by atoms with Crippen LogP contribution >= 0.6 is 0 Å². The largest absolute Gasteiger partial charge is 0.370 e. The standard InChI is InChI=1S/C25H36N6O3S/c26-24(27)30-15-13-19(14-16-30)18-31(25(32)28-22-9-3-1-2-4-10-22)29-35(33,34)23-12-11-20-7-5-6-8-21(20)17-23/h5-8,11-12,17,19,22,29H,1-4,9-10,13-16,18H2,(H3,26,27)(H,28,32). The van der Waals surface area contributed by atoms with Gasteiger partial charge in [-0.2, -0.15) is 0 Å². The molecule has 1 saturated carbocycles. The lowest BCUT2D eigenvalue weighted by atomic mass is 9.97. The van der Waals surface area contributed by atoms with E-state index in [1.165, 1.54) is 17.9 Å². The fourth-order valence-corrected chi connectivity index (χ4v) is 6.07. The van der Waals surface area contributed by atoms with E-state index in [0.717, 1.165) is 49.3 Å². The SMILES string of the molecule is N=C(N)N1CCC(CN(NS(=O)(=O)c2ccc3ccccc3c2)C(=O)NC2CCCCCC2)CC1. The molecule has 1 heterocycles. The van der Waals surface area contributed by atoms with Crippen molar-refractivity contribution in [3.8, 4) is 0 Å². The van der Waals surface area contributed by atoms with E-state index in [9.17, 15) is 13.2 Å². The molecule has 2 aromatic carbocycles. The van der Waals surface area contributed by atoms with E-state index in [4.69, 9.17) is 11.1 Å². The minimum atomic E-state index is -3.97. The number of piperidine rings is 1. The van der Waals surface area contributed by atoms with E-state index in [2.05, 4.69) is 10.1 Å². The first-order chi connectivity index (χ1) is 16.8. The molecule has 0 aromatic heterocycles. The van der Waals surface area contributed by atoms with Gasteiger partial charge in [-0.05, 0) is 54.5 Å². The Morgan fingerprint density at radius 2 is 1.66 bits per heavy atom. The van der Waals surface area contributed by atoms with Gasteiger partial charge in [-0.3, -0.25) is 5.41 Å². The summed E-state index contributed by atoms with van der Waals surface area (Å²) in [5, 5.41) is 13.7. The zero-order valence-electron chi connectivity index (χ0n) is 20.1. The number of hydrogen-bond acceptors (Lipinski definition) is 4. The highest BCUT2D eigenvalue weighted by molar-refractivity contribution is 7.89. The van der Waals surface area contributed by atoms with Crippen LogP contribution in [0.3, 0.4) is 0 Å². The van der Waals surface area contributed by atoms with Crippen LogP contribution < -0.4 is 15.9 Å². The number of rotatable bonds is 6. The lowest BCUT2D eigenvalue weighted by Gasteiger charge is -2.35. The van der Waals surface area contributed by atoms with Gasteiger partial charge in [-0.15, -0.1) is 4.83 Å². The van der Waals surface area contributed by atoms with E-state index in [1.807, 2.05) is 24.3 Å². The molecule has 2 amide bonds. The van der Waals surface area contributed by atoms with Crippen LogP contribution in [0.25, 0.3) is 10.8 Å². The summed E-state index contributed by atoms with van der Waals surface area (Å²) in [6.07, 6.45) is 7.74. The maximum absolute atomic E-state index is 13.3. The molecule has 4 rings (SSSR count). The molecule has 0 spiro atoms. The molecule has 2 aromatic rings. The third kappa shape index (κ3) is 6.64. The zero-order chi connectivity index (χ0) is 24.8. The van der Waals surface area contributed by atoms with Crippen molar-refractivity contribution in [3.63, 3.8) is 0 Å². The average Bonchev–Trinajstić information content (AvgIpc) is 3.12. The summed E-state index contributed by atoms with van der Waals surface area (Å²) in [5.41, 5.74) is 5.61. The molecule has 35 heavy (non-hydrogen) atoms. The van der Waals surface area contributed by atoms with Crippen molar-refractivity contribution in [2.75, 3.05) is 19.6 Å². The molecule has 1 saturated heterocycles. The van der Waals surface area contributed by atoms with Crippen molar-refractivity contribution >= 4 is 32.8 Å². The molecule has 0 unspecified atom stereocenters. The smallest absolute Gasteiger partial charge is 0.332 e. The van der Waals surface area contributed by atoms with Crippen molar-refractivity contribution in [3.05, 3.63) is 42.5 Å². The molecule has 0 radical (unpaired) electrons. The Kier molecular flexibility index (Phi) is 8.12. The van der Waals surface area contributed by atoms with Crippen LogP contribution in [0.15, 0.2) is 47.4 Å². The Morgan fingerprint density at radius 1 is 1.00 bits per heavy atom. The second kappa shape index (κ2) is 11.3. The summed E-state index contributed by atoms with van der Waals surface area (Å²) in [6.45, 7) is 1.50. The number of sulfonamides is 1. The van der Waals surface area contributed by atoms with E-state index < -0.39 is 16.1 Å². The highest BCUT2D eigenvalue weighted by Crippen LogP contribution is 2.22. The van der Waals surface area contributed by atoms with Crippen molar-refractivity contribution in [1.82, 2.24) is 20.1 Å². The zero-order valence-corrected chi connectivity index (χ0v) is 20.9. The number of likely N-dealkylation sites (tertiary alicyclic amines) is 1. The number of guanidine groups is 1. The first-order valence-electron chi connectivity index (χ1n) is 12.5. The van der Waals surface area contributed by atoms with Crippen LogP contribution in [0.4, 0.5) is 4.79 Å². The number of fused-ring (bicyclic) bond motifs is 1. The summed E-state index contributed by atoms with van der Waals surface area (Å²) >= 11 is 0. The molecule has 9 nitrogen and oxygen atoms in total. The maximum atomic E-state index is 13.3. The number of nitrogens with one attached hydrogen (secondary N) is 3. The van der Waals surface area contributed by atoms with Gasteiger partial charge >= 0.3 is 6.03 Å². The van der Waals surface area contributed by atoms with Crippen molar-refractivity contribution < 1.29 is 13.2 Å². The molecule has 0 bridgehead atoms. The number of benzene rings is 2. The second-order valence-electron chi connectivity index (χ2n) is 9.67. The van der Waals surface area contributed by atoms with Gasteiger partial charge in [0.05, 0.1) is 4.90 Å². The number of hydrazine groups is 1. The average molecular weight is 501 g/mol. The van der Waals surface area contributed by atoms with Gasteiger partial charge in [0, 0.05) is 25.7 Å². The van der Waals surface area contributed by atoms with Crippen molar-refractivity contribution in [2.45, 2.75) is 62.3 Å². The quantitative estimate of drug-likeness (QED) is 0.209. The van der Waals surface area contributed by atoms with Crippen LogP contribution in [0, 0.1) is 11.3 Å². The lowest BCUT2D eigenvalue weighted by molar-refractivity contribution is 0.154. The highest BCUT2D eigenvalue weighted by atomic mass is 32.2. The monoisotopic (exact) mass is 500 g/mol. The van der Waals surface area contributed by atoms with Crippen LogP contribution in [-0.2, 0) is 10.0 Å². The molecule has 0 atom stereocenters. The fraction of sp³-hybridized carbons (Fsp3) is 0.520. The van der Waals surface area contributed by atoms with E-state index in [1.54, 1.807) is 23.1 Å². The Labute approximate surface area is 207 Å². The predicted molar refractivity (Wildman–Crippen MR) is 137 cm³/mol. The highest BCUT2D eigenvalue weighted by Gasteiger charge is 2.29. The number of amides is 2. The Hall–Kier alpha value is -2.85. The Morgan fingerprint density at radius 3 is 2.31 bits per heavy atom. The van der Waals surface area contributed by atoms with E-state index in [-0.39, 0.29) is 29.4 Å². The third-order valence-corrected chi connectivity index (χ3v) is 8.42. The van der Waals surface area contributed by atoms with Gasteiger partial charge in [0.1, 0.15) is 0 Å². The Balaban J connectivity index is 1.51. The van der Waals surface area contributed by atoms with Crippen molar-refractivity contribution in [1.29, 1.82) is 5.41 Å². The minimum Gasteiger partial charge on any atom is -0.370 e. The molecule has 1 aliphatic carbocycles. The second-order valence-corrected chi connectivity index (χ2v) is 11.3. The number of urea groups is 1. The summed E-state index contributed by atoms with van der Waals surface area (Å²) < 4.78 is 26.7. The normalized spacial score (nSPS) is 18.2. The predicted octanol–water partition coefficient (Wildman–Crippen LogP) is 3.37. The number of carbonyl (C=O) groups excluding carboxylic acids is 1. The summed E-state index contributed by atoms with van der Waals surface area (Å²) in [5.74, 6) is 0.146. The van der Waals surface area contributed by atoms with Gasteiger partial charge in [0.2, 0.25) is 0 Å². The van der Waals surface area contributed by atoms with E-state index in [0.29, 0.717) is 13.1 Å². The molecular weight excluding hydrogens is 464 g/mol. The van der Waals surface area contributed by atoms with Crippen LogP contribution in [0.5, 0.6) is 0 Å². The molecule has 190 valence electrons. The lowest BCUT2D eigenvalue weighted by Crippen LogP contribution is -2.55. The minimum absolute atomic E-state index is 0.0448. The molecular formula is C25H36N6O3S. The summed E-state index contributed by atoms with van der Waals surface area (Å²) in [6, 6.07) is 12.2. The van der Waals surface area contributed by atoms with Crippen molar-refractivity contribution in [2.24, 2.45) is 11.7 Å². The fourth-order valence-electron chi connectivity index (χ4n) is 4.98. The van der Waals surface area contributed by atoms with Crippen LogP contribution in [-0.4, -0.2) is 56.0 Å². The Bertz CT molecular complexity index is 1140. The van der Waals surface area contributed by atoms with Crippen LogP contribution in [0.1, 0.15) is 51.4 Å². The first kappa shape index (κ1) is 25.2. The first-order valence-corrected chi connectivity index (χ1v) is 14.0. The van der Waals surface area contributed by atoms with Gasteiger partial charge in [0.15, 0.2) is 5.96 Å². The third-order valence-electron chi connectivity index (χ3n) is 7.09.